The number of aryl methyl sites for hydroxylation is 1. The van der Waals surface area contributed by atoms with E-state index >= 15 is 0 Å². The zero-order chi connectivity index (χ0) is 24.9. The van der Waals surface area contributed by atoms with E-state index in [1.165, 1.54) is 37.7 Å². The van der Waals surface area contributed by atoms with Gasteiger partial charge in [0.2, 0.25) is 0 Å². The summed E-state index contributed by atoms with van der Waals surface area (Å²) in [6.45, 7) is 4.46. The zero-order valence-electron chi connectivity index (χ0n) is 21.1. The predicted octanol–water partition coefficient (Wildman–Crippen LogP) is 7.35. The molecule has 34 heavy (non-hydrogen) atoms. The van der Waals surface area contributed by atoms with Gasteiger partial charge in [0.05, 0.1) is 11.9 Å². The Kier molecular flexibility index (Phi) is 8.82. The molecular formula is C27H40F3N3O. The van der Waals surface area contributed by atoms with E-state index in [9.17, 15) is 13.2 Å². The van der Waals surface area contributed by atoms with Crippen LogP contribution < -0.4 is 0 Å². The van der Waals surface area contributed by atoms with Crippen LogP contribution in [0.25, 0.3) is 16.7 Å². The molecule has 0 aromatic carbocycles. The molecule has 2 fully saturated rings. The van der Waals surface area contributed by atoms with Crippen molar-refractivity contribution in [1.82, 2.24) is 14.5 Å². The SMILES string of the molecule is CCC/C=C(/CCCC(CC)C1CCC1)c1cnc2cc(C3(C(F)(F)F)CC3)n(C)c2n1.CO. The van der Waals surface area contributed by atoms with E-state index in [0.29, 0.717) is 16.9 Å². The lowest BCUT2D eigenvalue weighted by Crippen LogP contribution is -2.30. The second-order valence-electron chi connectivity index (χ2n) is 9.90. The first-order valence-electron chi connectivity index (χ1n) is 12.8. The highest BCUT2D eigenvalue weighted by molar-refractivity contribution is 5.76. The summed E-state index contributed by atoms with van der Waals surface area (Å²) in [6.07, 6.45) is 10.8. The van der Waals surface area contributed by atoms with Crippen molar-refractivity contribution >= 4 is 16.7 Å². The molecule has 2 heterocycles. The van der Waals surface area contributed by atoms with Crippen LogP contribution in [0, 0.1) is 11.8 Å². The number of aromatic nitrogens is 3. The number of aliphatic hydroxyl groups excluding tert-OH is 1. The van der Waals surface area contributed by atoms with Crippen LogP contribution in [0.1, 0.15) is 95.9 Å². The molecule has 0 amide bonds. The van der Waals surface area contributed by atoms with Gasteiger partial charge in [0.1, 0.15) is 10.9 Å². The quantitative estimate of drug-likeness (QED) is 0.387. The summed E-state index contributed by atoms with van der Waals surface area (Å²) in [4.78, 5) is 9.35. The first-order chi connectivity index (χ1) is 16.3. The van der Waals surface area contributed by atoms with Crippen LogP contribution in [0.15, 0.2) is 18.3 Å². The maximum Gasteiger partial charge on any atom is 0.399 e. The zero-order valence-corrected chi connectivity index (χ0v) is 21.1. The van der Waals surface area contributed by atoms with E-state index in [0.717, 1.165) is 50.3 Å². The van der Waals surface area contributed by atoms with Crippen molar-refractivity contribution in [3.8, 4) is 0 Å². The van der Waals surface area contributed by atoms with Crippen LogP contribution in [-0.4, -0.2) is 32.9 Å². The lowest BCUT2D eigenvalue weighted by atomic mass is 9.73. The smallest absolute Gasteiger partial charge is 0.399 e. The summed E-state index contributed by atoms with van der Waals surface area (Å²) in [5.74, 6) is 1.72. The largest absolute Gasteiger partial charge is 0.400 e. The number of allylic oxidation sites excluding steroid dienone is 2. The Hall–Kier alpha value is -1.89. The number of rotatable bonds is 10. The van der Waals surface area contributed by atoms with Crippen LogP contribution in [0.5, 0.6) is 0 Å². The Balaban J connectivity index is 0.00000158. The molecule has 0 spiro atoms. The van der Waals surface area contributed by atoms with E-state index in [1.807, 2.05) is 0 Å². The molecule has 4 rings (SSSR count). The third-order valence-electron chi connectivity index (χ3n) is 7.89. The van der Waals surface area contributed by atoms with E-state index in [1.54, 1.807) is 23.9 Å². The summed E-state index contributed by atoms with van der Waals surface area (Å²) in [6, 6.07) is 1.59. The van der Waals surface area contributed by atoms with E-state index in [2.05, 4.69) is 24.9 Å². The van der Waals surface area contributed by atoms with Gasteiger partial charge in [0, 0.05) is 19.9 Å². The molecule has 2 aromatic rings. The van der Waals surface area contributed by atoms with Crippen LogP contribution in [0.3, 0.4) is 0 Å². The number of hydrogen-bond donors (Lipinski definition) is 1. The van der Waals surface area contributed by atoms with Crippen molar-refractivity contribution in [1.29, 1.82) is 0 Å². The number of aliphatic hydroxyl groups is 1. The van der Waals surface area contributed by atoms with Gasteiger partial charge >= 0.3 is 6.18 Å². The Morgan fingerprint density at radius 2 is 1.97 bits per heavy atom. The number of fused-ring (bicyclic) bond motifs is 1. The maximum absolute atomic E-state index is 13.7. The van der Waals surface area contributed by atoms with Gasteiger partial charge in [-0.25, -0.2) is 4.98 Å². The fourth-order valence-electron chi connectivity index (χ4n) is 5.39. The highest BCUT2D eigenvalue weighted by Gasteiger charge is 2.65. The van der Waals surface area contributed by atoms with Crippen molar-refractivity contribution in [2.45, 2.75) is 96.1 Å². The Morgan fingerprint density at radius 1 is 1.26 bits per heavy atom. The number of hydrogen-bond acceptors (Lipinski definition) is 3. The number of unbranched alkanes of at least 4 members (excludes halogenated alkanes) is 1. The number of alkyl halides is 3. The summed E-state index contributed by atoms with van der Waals surface area (Å²) in [7, 11) is 2.70. The average Bonchev–Trinajstić information content (AvgIpc) is 3.55. The van der Waals surface area contributed by atoms with Crippen LogP contribution >= 0.6 is 0 Å². The Labute approximate surface area is 201 Å². The van der Waals surface area contributed by atoms with Crippen molar-refractivity contribution in [3.63, 3.8) is 0 Å². The molecule has 2 aliphatic rings. The van der Waals surface area contributed by atoms with Gasteiger partial charge in [-0.15, -0.1) is 0 Å². The van der Waals surface area contributed by atoms with Crippen molar-refractivity contribution in [2.24, 2.45) is 18.9 Å². The highest BCUT2D eigenvalue weighted by atomic mass is 19.4. The minimum atomic E-state index is -4.24. The monoisotopic (exact) mass is 479 g/mol. The van der Waals surface area contributed by atoms with E-state index in [4.69, 9.17) is 10.1 Å². The molecule has 2 aliphatic carbocycles. The van der Waals surface area contributed by atoms with Gasteiger partial charge in [0.25, 0.3) is 0 Å². The summed E-state index contributed by atoms with van der Waals surface area (Å²) in [5, 5.41) is 7.00. The molecular weight excluding hydrogens is 439 g/mol. The van der Waals surface area contributed by atoms with Gasteiger partial charge in [-0.1, -0.05) is 52.0 Å². The molecule has 0 aliphatic heterocycles. The average molecular weight is 480 g/mol. The second-order valence-corrected chi connectivity index (χ2v) is 9.90. The first kappa shape index (κ1) is 26.7. The van der Waals surface area contributed by atoms with E-state index < -0.39 is 11.6 Å². The van der Waals surface area contributed by atoms with Crippen LogP contribution in [0.4, 0.5) is 13.2 Å². The number of nitrogens with zero attached hydrogens (tertiary/aromatic N) is 3. The van der Waals surface area contributed by atoms with Crippen LogP contribution in [0.2, 0.25) is 0 Å². The summed E-state index contributed by atoms with van der Waals surface area (Å²) < 4.78 is 42.7. The fraction of sp³-hybridized carbons (Fsp3) is 0.704. The number of halogens is 3. The maximum atomic E-state index is 13.7. The van der Waals surface area contributed by atoms with Crippen LogP contribution in [-0.2, 0) is 12.5 Å². The van der Waals surface area contributed by atoms with Gasteiger partial charge < -0.3 is 9.67 Å². The molecule has 190 valence electrons. The molecule has 2 aromatic heterocycles. The minimum Gasteiger partial charge on any atom is -0.400 e. The molecule has 1 unspecified atom stereocenters. The molecule has 0 radical (unpaired) electrons. The van der Waals surface area contributed by atoms with E-state index in [-0.39, 0.29) is 12.8 Å². The molecule has 0 saturated heterocycles. The molecule has 4 nitrogen and oxygen atoms in total. The molecule has 1 N–H and O–H groups in total. The van der Waals surface area contributed by atoms with Crippen molar-refractivity contribution in [2.75, 3.05) is 7.11 Å². The van der Waals surface area contributed by atoms with Crippen molar-refractivity contribution < 1.29 is 18.3 Å². The summed E-state index contributed by atoms with van der Waals surface area (Å²) >= 11 is 0. The Bertz CT molecular complexity index is 971. The molecule has 1 atom stereocenters. The fourth-order valence-corrected chi connectivity index (χ4v) is 5.39. The lowest BCUT2D eigenvalue weighted by molar-refractivity contribution is -0.162. The predicted molar refractivity (Wildman–Crippen MR) is 131 cm³/mol. The third kappa shape index (κ3) is 5.34. The standard InChI is InChI=1S/C26H36F3N3.CH4O/c1-4-6-9-20(13-7-10-18(5-2)19-11-8-12-19)22-17-30-21-16-23(32(3)24(21)31-22)25(14-15-25)26(27,28)29;1-2/h9,16-19H,4-8,10-15H2,1-3H3;2H,1H3/b20-9-;. The first-order valence-corrected chi connectivity index (χ1v) is 12.8. The van der Waals surface area contributed by atoms with Gasteiger partial charge in [0.15, 0.2) is 5.65 Å². The topological polar surface area (TPSA) is 50.9 Å². The van der Waals surface area contributed by atoms with Gasteiger partial charge in [-0.3, -0.25) is 4.98 Å². The second kappa shape index (κ2) is 11.2. The molecule has 7 heteroatoms. The lowest BCUT2D eigenvalue weighted by Gasteiger charge is -2.33. The highest BCUT2D eigenvalue weighted by Crippen LogP contribution is 2.59. The van der Waals surface area contributed by atoms with Gasteiger partial charge in [-0.05, 0) is 62.0 Å². The summed E-state index contributed by atoms with van der Waals surface area (Å²) in [5.41, 5.74) is 1.67. The molecule has 0 bridgehead atoms. The van der Waals surface area contributed by atoms with Crippen molar-refractivity contribution in [3.05, 3.63) is 29.7 Å². The Morgan fingerprint density at radius 3 is 2.50 bits per heavy atom. The third-order valence-corrected chi connectivity index (χ3v) is 7.89. The normalized spacial score (nSPS) is 18.9. The molecule has 2 saturated carbocycles. The van der Waals surface area contributed by atoms with Gasteiger partial charge in [-0.2, -0.15) is 13.2 Å². The minimum absolute atomic E-state index is 0.148.